The van der Waals surface area contributed by atoms with Gasteiger partial charge in [0, 0.05) is 18.0 Å². The average molecular weight is 365 g/mol. The van der Waals surface area contributed by atoms with Crippen LogP contribution in [0.4, 0.5) is 11.5 Å². The summed E-state index contributed by atoms with van der Waals surface area (Å²) in [6.07, 6.45) is 3.08. The highest BCUT2D eigenvalue weighted by atomic mass is 32.1. The van der Waals surface area contributed by atoms with Crippen LogP contribution in [0.2, 0.25) is 0 Å². The third-order valence-electron chi connectivity index (χ3n) is 4.42. The molecule has 0 aliphatic rings. The SMILES string of the molecule is CCC(C)c1ccc(NC(=S)Nc2ccn(Cc3ccccc3)n2)cc1. The van der Waals surface area contributed by atoms with E-state index in [9.17, 15) is 0 Å². The summed E-state index contributed by atoms with van der Waals surface area (Å²) in [6.45, 7) is 5.17. The molecule has 0 amide bonds. The Balaban J connectivity index is 1.55. The first-order valence-corrected chi connectivity index (χ1v) is 9.30. The van der Waals surface area contributed by atoms with Gasteiger partial charge in [0.05, 0.1) is 6.54 Å². The molecule has 2 aromatic carbocycles. The number of nitrogens with zero attached hydrogens (tertiary/aromatic N) is 2. The van der Waals surface area contributed by atoms with Crippen LogP contribution >= 0.6 is 12.2 Å². The van der Waals surface area contributed by atoms with Gasteiger partial charge in [-0.25, -0.2) is 0 Å². The molecule has 5 heteroatoms. The second-order valence-corrected chi connectivity index (χ2v) is 6.80. The Morgan fingerprint density at radius 1 is 1.04 bits per heavy atom. The molecule has 0 saturated carbocycles. The van der Waals surface area contributed by atoms with Crippen LogP contribution in [-0.4, -0.2) is 14.9 Å². The molecule has 0 bridgehead atoms. The molecule has 134 valence electrons. The van der Waals surface area contributed by atoms with E-state index in [-0.39, 0.29) is 0 Å². The number of hydrogen-bond donors (Lipinski definition) is 2. The number of nitrogens with one attached hydrogen (secondary N) is 2. The Kier molecular flexibility index (Phi) is 6.02. The maximum atomic E-state index is 5.39. The van der Waals surface area contributed by atoms with Gasteiger partial charge >= 0.3 is 0 Å². The van der Waals surface area contributed by atoms with Gasteiger partial charge in [-0.1, -0.05) is 56.3 Å². The van der Waals surface area contributed by atoms with E-state index in [2.05, 4.69) is 66.0 Å². The van der Waals surface area contributed by atoms with Crippen LogP contribution in [0.1, 0.15) is 37.3 Å². The van der Waals surface area contributed by atoms with Crippen molar-refractivity contribution < 1.29 is 0 Å². The van der Waals surface area contributed by atoms with Gasteiger partial charge in [-0.3, -0.25) is 4.68 Å². The quantitative estimate of drug-likeness (QED) is 0.586. The Morgan fingerprint density at radius 3 is 2.46 bits per heavy atom. The molecule has 0 aliphatic heterocycles. The topological polar surface area (TPSA) is 41.9 Å². The minimum absolute atomic E-state index is 0.534. The minimum atomic E-state index is 0.534. The van der Waals surface area contributed by atoms with Crippen LogP contribution in [-0.2, 0) is 6.54 Å². The molecule has 1 unspecified atom stereocenters. The van der Waals surface area contributed by atoms with E-state index >= 15 is 0 Å². The second-order valence-electron chi connectivity index (χ2n) is 6.39. The molecular formula is C21H24N4S. The lowest BCUT2D eigenvalue weighted by atomic mass is 9.99. The molecule has 2 N–H and O–H groups in total. The number of rotatable bonds is 6. The first-order chi connectivity index (χ1) is 12.6. The van der Waals surface area contributed by atoms with E-state index in [0.717, 1.165) is 24.5 Å². The van der Waals surface area contributed by atoms with Crippen LogP contribution in [0.5, 0.6) is 0 Å². The monoisotopic (exact) mass is 364 g/mol. The van der Waals surface area contributed by atoms with Gasteiger partial charge in [0.25, 0.3) is 0 Å². The molecule has 1 aromatic heterocycles. The number of thiocarbonyl (C=S) groups is 1. The summed E-state index contributed by atoms with van der Waals surface area (Å²) in [7, 11) is 0. The van der Waals surface area contributed by atoms with E-state index in [1.165, 1.54) is 11.1 Å². The summed E-state index contributed by atoms with van der Waals surface area (Å²) in [5.41, 5.74) is 3.53. The standard InChI is InChI=1S/C21H24N4S/c1-3-16(2)18-9-11-19(12-10-18)22-21(26)23-20-13-14-25(24-20)15-17-7-5-4-6-8-17/h4-14,16H,3,15H2,1-2H3,(H2,22,23,24,26). The van der Waals surface area contributed by atoms with E-state index in [4.69, 9.17) is 12.2 Å². The maximum absolute atomic E-state index is 5.39. The molecule has 3 rings (SSSR count). The van der Waals surface area contributed by atoms with Crippen molar-refractivity contribution in [2.75, 3.05) is 10.6 Å². The largest absolute Gasteiger partial charge is 0.332 e. The Hall–Kier alpha value is -2.66. The molecule has 26 heavy (non-hydrogen) atoms. The molecule has 1 atom stereocenters. The first-order valence-electron chi connectivity index (χ1n) is 8.89. The third-order valence-corrected chi connectivity index (χ3v) is 4.62. The number of hydrogen-bond acceptors (Lipinski definition) is 2. The van der Waals surface area contributed by atoms with Crippen LogP contribution in [0.25, 0.3) is 0 Å². The molecule has 0 radical (unpaired) electrons. The zero-order valence-electron chi connectivity index (χ0n) is 15.1. The van der Waals surface area contributed by atoms with Gasteiger partial charge < -0.3 is 10.6 Å². The fourth-order valence-electron chi connectivity index (χ4n) is 2.70. The molecule has 0 spiro atoms. The van der Waals surface area contributed by atoms with E-state index in [0.29, 0.717) is 11.0 Å². The zero-order valence-corrected chi connectivity index (χ0v) is 16.0. The van der Waals surface area contributed by atoms with Crippen molar-refractivity contribution in [1.82, 2.24) is 9.78 Å². The number of benzene rings is 2. The van der Waals surface area contributed by atoms with Crippen LogP contribution in [0, 0.1) is 0 Å². The Bertz CT molecular complexity index is 840. The summed E-state index contributed by atoms with van der Waals surface area (Å²) in [5.74, 6) is 1.30. The molecular weight excluding hydrogens is 340 g/mol. The first kappa shape index (κ1) is 18.1. The zero-order chi connectivity index (χ0) is 18.4. The van der Waals surface area contributed by atoms with Crippen molar-refractivity contribution in [2.45, 2.75) is 32.7 Å². The second kappa shape index (κ2) is 8.63. The third kappa shape index (κ3) is 4.92. The fraction of sp³-hybridized carbons (Fsp3) is 0.238. The fourth-order valence-corrected chi connectivity index (χ4v) is 2.92. The molecule has 0 saturated heterocycles. The molecule has 3 aromatic rings. The average Bonchev–Trinajstić information content (AvgIpc) is 3.09. The van der Waals surface area contributed by atoms with E-state index in [1.807, 2.05) is 35.1 Å². The highest BCUT2D eigenvalue weighted by molar-refractivity contribution is 7.80. The summed E-state index contributed by atoms with van der Waals surface area (Å²) in [4.78, 5) is 0. The van der Waals surface area contributed by atoms with Crippen molar-refractivity contribution in [3.05, 3.63) is 78.0 Å². The molecule has 0 fully saturated rings. The Labute approximate surface area is 160 Å². The summed E-state index contributed by atoms with van der Waals surface area (Å²) < 4.78 is 1.89. The van der Waals surface area contributed by atoms with Crippen LogP contribution in [0.15, 0.2) is 66.9 Å². The Morgan fingerprint density at radius 2 is 1.77 bits per heavy atom. The lowest BCUT2D eigenvalue weighted by Crippen LogP contribution is -2.19. The normalized spacial score (nSPS) is 11.8. The summed E-state index contributed by atoms with van der Waals surface area (Å²) in [6, 6.07) is 20.6. The van der Waals surface area contributed by atoms with Crippen molar-refractivity contribution in [3.63, 3.8) is 0 Å². The van der Waals surface area contributed by atoms with Crippen LogP contribution in [0.3, 0.4) is 0 Å². The van der Waals surface area contributed by atoms with E-state index in [1.54, 1.807) is 0 Å². The van der Waals surface area contributed by atoms with Gasteiger partial charge in [-0.15, -0.1) is 0 Å². The van der Waals surface area contributed by atoms with Gasteiger partial charge in [0.2, 0.25) is 0 Å². The number of aromatic nitrogens is 2. The predicted octanol–water partition coefficient (Wildman–Crippen LogP) is 5.25. The predicted molar refractivity (Wildman–Crippen MR) is 113 cm³/mol. The highest BCUT2D eigenvalue weighted by Crippen LogP contribution is 2.20. The molecule has 1 heterocycles. The van der Waals surface area contributed by atoms with Crippen molar-refractivity contribution in [3.8, 4) is 0 Å². The van der Waals surface area contributed by atoms with Crippen LogP contribution < -0.4 is 10.6 Å². The summed E-state index contributed by atoms with van der Waals surface area (Å²) in [5, 5.41) is 11.4. The minimum Gasteiger partial charge on any atom is -0.332 e. The van der Waals surface area contributed by atoms with Crippen molar-refractivity contribution in [2.24, 2.45) is 0 Å². The van der Waals surface area contributed by atoms with Gasteiger partial charge in [-0.2, -0.15) is 5.10 Å². The van der Waals surface area contributed by atoms with Gasteiger partial charge in [-0.05, 0) is 47.8 Å². The summed E-state index contributed by atoms with van der Waals surface area (Å²) >= 11 is 5.39. The van der Waals surface area contributed by atoms with E-state index < -0.39 is 0 Å². The number of anilines is 2. The lowest BCUT2D eigenvalue weighted by Gasteiger charge is -2.12. The molecule has 0 aliphatic carbocycles. The molecule has 4 nitrogen and oxygen atoms in total. The maximum Gasteiger partial charge on any atom is 0.176 e. The lowest BCUT2D eigenvalue weighted by molar-refractivity contribution is 0.690. The van der Waals surface area contributed by atoms with Crippen molar-refractivity contribution in [1.29, 1.82) is 0 Å². The van der Waals surface area contributed by atoms with Crippen molar-refractivity contribution >= 4 is 28.8 Å². The highest BCUT2D eigenvalue weighted by Gasteiger charge is 2.05. The van der Waals surface area contributed by atoms with Gasteiger partial charge in [0.1, 0.15) is 0 Å². The van der Waals surface area contributed by atoms with Gasteiger partial charge in [0.15, 0.2) is 10.9 Å². The smallest absolute Gasteiger partial charge is 0.176 e.